The van der Waals surface area contributed by atoms with Crippen LogP contribution in [0.15, 0.2) is 47.4 Å². The zero-order valence-electron chi connectivity index (χ0n) is 15.4. The number of hydrogen-bond donors (Lipinski definition) is 2. The number of amides is 3. The van der Waals surface area contributed by atoms with Crippen LogP contribution in [-0.2, 0) is 10.0 Å². The minimum atomic E-state index is -3.71. The second kappa shape index (κ2) is 7.53. The molecule has 0 aromatic heterocycles. The molecular formula is C19H19N3O5S. The van der Waals surface area contributed by atoms with Gasteiger partial charge in [0.25, 0.3) is 17.7 Å². The molecule has 1 heterocycles. The Kier molecular flexibility index (Phi) is 5.30. The Morgan fingerprint density at radius 3 is 2.39 bits per heavy atom. The number of rotatable bonds is 6. The molecule has 0 unspecified atom stereocenters. The number of carbonyl (C=O) groups is 3. The molecule has 0 saturated carbocycles. The molecule has 1 aliphatic rings. The Hall–Kier alpha value is -3.04. The monoisotopic (exact) mass is 401 g/mol. The van der Waals surface area contributed by atoms with Crippen LogP contribution in [-0.4, -0.2) is 43.5 Å². The van der Waals surface area contributed by atoms with Crippen molar-refractivity contribution in [3.05, 3.63) is 59.2 Å². The van der Waals surface area contributed by atoms with Crippen molar-refractivity contribution >= 4 is 33.4 Å². The summed E-state index contributed by atoms with van der Waals surface area (Å²) in [5.41, 5.74) is 0.576. The SMILES string of the molecule is CCN(CC)S(=O)(=O)c1cccc(C(=O)Nc2cccc3c2C(=O)NC3=O)c1. The Morgan fingerprint density at radius 2 is 1.71 bits per heavy atom. The molecule has 9 heteroatoms. The standard InChI is InChI=1S/C19H19N3O5S/c1-3-22(4-2)28(26,27)13-8-5-7-12(11-13)17(23)20-15-10-6-9-14-16(15)19(25)21-18(14)24/h5-11H,3-4H2,1-2H3,(H,20,23)(H,21,24,25). The summed E-state index contributed by atoms with van der Waals surface area (Å²) in [4.78, 5) is 36.4. The molecular weight excluding hydrogens is 382 g/mol. The van der Waals surface area contributed by atoms with Crippen molar-refractivity contribution in [2.24, 2.45) is 0 Å². The smallest absolute Gasteiger partial charge is 0.261 e. The lowest BCUT2D eigenvalue weighted by Gasteiger charge is -2.18. The molecule has 28 heavy (non-hydrogen) atoms. The number of anilines is 1. The molecule has 146 valence electrons. The number of nitrogens with zero attached hydrogens (tertiary/aromatic N) is 1. The van der Waals surface area contributed by atoms with Gasteiger partial charge in [0, 0.05) is 18.7 Å². The maximum Gasteiger partial charge on any atom is 0.261 e. The van der Waals surface area contributed by atoms with Gasteiger partial charge < -0.3 is 5.32 Å². The molecule has 2 aromatic rings. The molecule has 3 amide bonds. The third-order valence-electron chi connectivity index (χ3n) is 4.45. The summed E-state index contributed by atoms with van der Waals surface area (Å²) in [6.45, 7) is 4.10. The van der Waals surface area contributed by atoms with Gasteiger partial charge in [0.05, 0.1) is 21.7 Å². The maximum atomic E-state index is 12.7. The Morgan fingerprint density at radius 1 is 1.04 bits per heavy atom. The van der Waals surface area contributed by atoms with Gasteiger partial charge in [0.2, 0.25) is 10.0 Å². The van der Waals surface area contributed by atoms with Gasteiger partial charge >= 0.3 is 0 Å². The lowest BCUT2D eigenvalue weighted by Crippen LogP contribution is -2.30. The Balaban J connectivity index is 1.92. The van der Waals surface area contributed by atoms with Crippen molar-refractivity contribution in [1.82, 2.24) is 9.62 Å². The molecule has 2 aromatic carbocycles. The predicted octanol–water partition coefficient (Wildman–Crippen LogP) is 1.85. The topological polar surface area (TPSA) is 113 Å². The van der Waals surface area contributed by atoms with E-state index >= 15 is 0 Å². The molecule has 0 atom stereocenters. The predicted molar refractivity (Wildman–Crippen MR) is 103 cm³/mol. The summed E-state index contributed by atoms with van der Waals surface area (Å²) < 4.78 is 26.6. The first-order chi connectivity index (χ1) is 13.3. The second-order valence-electron chi connectivity index (χ2n) is 6.08. The number of fused-ring (bicyclic) bond motifs is 1. The van der Waals surface area contributed by atoms with Crippen molar-refractivity contribution in [3.8, 4) is 0 Å². The first-order valence-electron chi connectivity index (χ1n) is 8.69. The number of imide groups is 1. The van der Waals surface area contributed by atoms with Crippen LogP contribution in [0.1, 0.15) is 44.9 Å². The lowest BCUT2D eigenvalue weighted by atomic mass is 10.1. The summed E-state index contributed by atoms with van der Waals surface area (Å²) in [6.07, 6.45) is 0. The van der Waals surface area contributed by atoms with E-state index in [0.717, 1.165) is 0 Å². The van der Waals surface area contributed by atoms with Crippen LogP contribution in [0.3, 0.4) is 0 Å². The van der Waals surface area contributed by atoms with E-state index in [0.29, 0.717) is 13.1 Å². The fourth-order valence-corrected chi connectivity index (χ4v) is 4.53. The van der Waals surface area contributed by atoms with Crippen LogP contribution in [0.4, 0.5) is 5.69 Å². The maximum absolute atomic E-state index is 12.7. The van der Waals surface area contributed by atoms with Gasteiger partial charge in [-0.25, -0.2) is 8.42 Å². The molecule has 0 bridgehead atoms. The van der Waals surface area contributed by atoms with Crippen molar-refractivity contribution in [3.63, 3.8) is 0 Å². The second-order valence-corrected chi connectivity index (χ2v) is 8.02. The zero-order valence-corrected chi connectivity index (χ0v) is 16.2. The van der Waals surface area contributed by atoms with Crippen LogP contribution in [0, 0.1) is 0 Å². The minimum Gasteiger partial charge on any atom is -0.321 e. The van der Waals surface area contributed by atoms with E-state index in [-0.39, 0.29) is 27.3 Å². The van der Waals surface area contributed by atoms with Crippen molar-refractivity contribution in [2.75, 3.05) is 18.4 Å². The van der Waals surface area contributed by atoms with Gasteiger partial charge in [-0.05, 0) is 30.3 Å². The normalized spacial score (nSPS) is 13.4. The van der Waals surface area contributed by atoms with Crippen molar-refractivity contribution in [2.45, 2.75) is 18.7 Å². The average molecular weight is 401 g/mol. The molecule has 0 aliphatic carbocycles. The van der Waals surface area contributed by atoms with Crippen LogP contribution >= 0.6 is 0 Å². The molecule has 3 rings (SSSR count). The van der Waals surface area contributed by atoms with Crippen LogP contribution < -0.4 is 10.6 Å². The third-order valence-corrected chi connectivity index (χ3v) is 6.50. The van der Waals surface area contributed by atoms with Gasteiger partial charge in [-0.1, -0.05) is 26.0 Å². The molecule has 0 saturated heterocycles. The van der Waals surface area contributed by atoms with Crippen LogP contribution in [0.5, 0.6) is 0 Å². The number of carbonyl (C=O) groups excluding carboxylic acids is 3. The third kappa shape index (κ3) is 3.41. The van der Waals surface area contributed by atoms with E-state index in [2.05, 4.69) is 10.6 Å². The lowest BCUT2D eigenvalue weighted by molar-refractivity contribution is 0.0879. The van der Waals surface area contributed by atoms with Crippen molar-refractivity contribution in [1.29, 1.82) is 0 Å². The summed E-state index contributed by atoms with van der Waals surface area (Å²) in [7, 11) is -3.71. The number of hydrogen-bond acceptors (Lipinski definition) is 5. The summed E-state index contributed by atoms with van der Waals surface area (Å²) >= 11 is 0. The van der Waals surface area contributed by atoms with E-state index in [1.54, 1.807) is 19.9 Å². The number of nitrogens with one attached hydrogen (secondary N) is 2. The molecule has 8 nitrogen and oxygen atoms in total. The first-order valence-corrected chi connectivity index (χ1v) is 10.1. The number of sulfonamides is 1. The van der Waals surface area contributed by atoms with Gasteiger partial charge in [-0.2, -0.15) is 4.31 Å². The largest absolute Gasteiger partial charge is 0.321 e. The van der Waals surface area contributed by atoms with Gasteiger partial charge in [-0.15, -0.1) is 0 Å². The van der Waals surface area contributed by atoms with E-state index < -0.39 is 27.7 Å². The fourth-order valence-electron chi connectivity index (χ4n) is 3.03. The van der Waals surface area contributed by atoms with E-state index in [4.69, 9.17) is 0 Å². The van der Waals surface area contributed by atoms with Gasteiger partial charge in [-0.3, -0.25) is 19.7 Å². The molecule has 0 radical (unpaired) electrons. The summed E-state index contributed by atoms with van der Waals surface area (Å²) in [6, 6.07) is 10.2. The highest BCUT2D eigenvalue weighted by atomic mass is 32.2. The first kappa shape index (κ1) is 19.7. The Bertz CT molecular complexity index is 1070. The number of benzene rings is 2. The Labute approximate surface area is 162 Å². The molecule has 0 fully saturated rings. The summed E-state index contributed by atoms with van der Waals surface area (Å²) in [5.74, 6) is -1.70. The van der Waals surface area contributed by atoms with Crippen LogP contribution in [0.25, 0.3) is 0 Å². The van der Waals surface area contributed by atoms with Gasteiger partial charge in [0.1, 0.15) is 0 Å². The van der Waals surface area contributed by atoms with Gasteiger partial charge in [0.15, 0.2) is 0 Å². The van der Waals surface area contributed by atoms with Crippen LogP contribution in [0.2, 0.25) is 0 Å². The highest BCUT2D eigenvalue weighted by Gasteiger charge is 2.30. The fraction of sp³-hybridized carbons (Fsp3) is 0.211. The van der Waals surface area contributed by atoms with E-state index in [1.165, 1.54) is 40.7 Å². The highest BCUT2D eigenvalue weighted by Crippen LogP contribution is 2.25. The van der Waals surface area contributed by atoms with E-state index in [1.807, 2.05) is 0 Å². The highest BCUT2D eigenvalue weighted by molar-refractivity contribution is 7.89. The van der Waals surface area contributed by atoms with E-state index in [9.17, 15) is 22.8 Å². The average Bonchev–Trinajstić information content (AvgIpc) is 2.97. The summed E-state index contributed by atoms with van der Waals surface area (Å²) in [5, 5.41) is 4.76. The zero-order chi connectivity index (χ0) is 20.5. The van der Waals surface area contributed by atoms with Crippen molar-refractivity contribution < 1.29 is 22.8 Å². The quantitative estimate of drug-likeness (QED) is 0.718. The molecule has 1 aliphatic heterocycles. The molecule has 2 N–H and O–H groups in total. The minimum absolute atomic E-state index is 0.00932. The molecule has 0 spiro atoms.